The highest BCUT2D eigenvalue weighted by atomic mass is 79.9. The summed E-state index contributed by atoms with van der Waals surface area (Å²) in [6.45, 7) is 1.25. The van der Waals surface area contributed by atoms with Gasteiger partial charge >= 0.3 is 5.97 Å². The van der Waals surface area contributed by atoms with Gasteiger partial charge in [-0.1, -0.05) is 15.9 Å². The van der Waals surface area contributed by atoms with Gasteiger partial charge in [-0.25, -0.2) is 4.79 Å². The van der Waals surface area contributed by atoms with Gasteiger partial charge in [0, 0.05) is 11.4 Å². The summed E-state index contributed by atoms with van der Waals surface area (Å²) in [4.78, 5) is 21.6. The van der Waals surface area contributed by atoms with Crippen LogP contribution < -0.4 is 5.32 Å². The summed E-state index contributed by atoms with van der Waals surface area (Å²) < 4.78 is 0.480. The van der Waals surface area contributed by atoms with E-state index in [-0.39, 0.29) is 11.3 Å². The Labute approximate surface area is 93.9 Å². The van der Waals surface area contributed by atoms with Gasteiger partial charge < -0.3 is 15.5 Å². The summed E-state index contributed by atoms with van der Waals surface area (Å²) in [6, 6.07) is 2.65. The maximum atomic E-state index is 10.8. The highest BCUT2D eigenvalue weighted by molar-refractivity contribution is 9.10. The minimum absolute atomic E-state index is 0.0573. The number of amides is 1. The molecule has 80 valence electrons. The third-order valence-electron chi connectivity index (χ3n) is 1.61. The van der Waals surface area contributed by atoms with Gasteiger partial charge in [0.25, 0.3) is 0 Å². The van der Waals surface area contributed by atoms with Crippen LogP contribution in [0.3, 0.4) is 0 Å². The van der Waals surface area contributed by atoms with Crippen LogP contribution in [0.1, 0.15) is 17.3 Å². The number of rotatable bonds is 2. The molecule has 1 aromatic rings. The molecule has 0 atom stereocenters. The largest absolute Gasteiger partial charge is 0.507 e. The minimum atomic E-state index is -1.30. The molecule has 0 fully saturated rings. The predicted molar refractivity (Wildman–Crippen MR) is 57.1 cm³/mol. The molecule has 1 rings (SSSR count). The van der Waals surface area contributed by atoms with E-state index in [9.17, 15) is 14.7 Å². The van der Waals surface area contributed by atoms with Crippen molar-refractivity contribution in [2.24, 2.45) is 0 Å². The number of anilines is 1. The molecule has 5 nitrogen and oxygen atoms in total. The molecule has 0 aliphatic carbocycles. The number of carboxylic acid groups (broad SMARTS) is 1. The Kier molecular flexibility index (Phi) is 3.31. The van der Waals surface area contributed by atoms with Gasteiger partial charge in [0.05, 0.1) is 5.69 Å². The molecule has 0 aliphatic rings. The van der Waals surface area contributed by atoms with E-state index in [0.29, 0.717) is 4.47 Å². The van der Waals surface area contributed by atoms with Crippen molar-refractivity contribution in [1.29, 1.82) is 0 Å². The molecule has 0 aliphatic heterocycles. The number of aromatic carboxylic acids is 1. The van der Waals surface area contributed by atoms with Gasteiger partial charge in [-0.05, 0) is 12.1 Å². The number of aromatic hydroxyl groups is 1. The van der Waals surface area contributed by atoms with Crippen LogP contribution >= 0.6 is 15.9 Å². The Bertz CT molecular complexity index is 430. The van der Waals surface area contributed by atoms with Crippen LogP contribution in [0.2, 0.25) is 0 Å². The van der Waals surface area contributed by atoms with Crippen LogP contribution in [0, 0.1) is 0 Å². The predicted octanol–water partition coefficient (Wildman–Crippen LogP) is 1.81. The Balaban J connectivity index is 3.33. The molecular formula is C9H8BrNO4. The monoisotopic (exact) mass is 273 g/mol. The van der Waals surface area contributed by atoms with Crippen molar-refractivity contribution < 1.29 is 19.8 Å². The smallest absolute Gasteiger partial charge is 0.341 e. The van der Waals surface area contributed by atoms with E-state index in [0.717, 1.165) is 0 Å². The first-order chi connectivity index (χ1) is 6.91. The molecule has 1 aromatic carbocycles. The van der Waals surface area contributed by atoms with Gasteiger partial charge in [0.15, 0.2) is 0 Å². The van der Waals surface area contributed by atoms with Gasteiger partial charge in [-0.3, -0.25) is 4.79 Å². The lowest BCUT2D eigenvalue weighted by molar-refractivity contribution is -0.114. The number of hydrogen-bond donors (Lipinski definition) is 3. The van der Waals surface area contributed by atoms with E-state index in [1.807, 2.05) is 0 Å². The lowest BCUT2D eigenvalue weighted by atomic mass is 10.1. The van der Waals surface area contributed by atoms with Gasteiger partial charge in [-0.15, -0.1) is 0 Å². The van der Waals surface area contributed by atoms with Crippen LogP contribution in [-0.2, 0) is 4.79 Å². The van der Waals surface area contributed by atoms with Crippen LogP contribution in [0.5, 0.6) is 5.75 Å². The first kappa shape index (κ1) is 11.5. The van der Waals surface area contributed by atoms with Gasteiger partial charge in [0.2, 0.25) is 5.91 Å². The number of phenols is 1. The standard InChI is InChI=1S/C9H8BrNO4/c1-4(12)11-6-2-5(10)3-7(13)8(6)9(14)15/h2-3,13H,1H3,(H,11,12)(H,14,15). The molecule has 0 aromatic heterocycles. The highest BCUT2D eigenvalue weighted by Crippen LogP contribution is 2.30. The summed E-state index contributed by atoms with van der Waals surface area (Å²) >= 11 is 3.08. The lowest BCUT2D eigenvalue weighted by Crippen LogP contribution is -2.11. The number of halogens is 1. The second kappa shape index (κ2) is 4.31. The summed E-state index contributed by atoms with van der Waals surface area (Å²) in [5, 5.41) is 20.5. The average molecular weight is 274 g/mol. The summed E-state index contributed by atoms with van der Waals surface area (Å²) in [6.07, 6.45) is 0. The molecule has 0 saturated carbocycles. The van der Waals surface area contributed by atoms with E-state index >= 15 is 0 Å². The third-order valence-corrected chi connectivity index (χ3v) is 2.06. The van der Waals surface area contributed by atoms with E-state index in [1.165, 1.54) is 19.1 Å². The zero-order valence-corrected chi connectivity index (χ0v) is 9.33. The Morgan fingerprint density at radius 1 is 1.40 bits per heavy atom. The van der Waals surface area contributed by atoms with E-state index < -0.39 is 17.6 Å². The molecule has 0 heterocycles. The minimum Gasteiger partial charge on any atom is -0.507 e. The van der Waals surface area contributed by atoms with Gasteiger partial charge in [-0.2, -0.15) is 0 Å². The third kappa shape index (κ3) is 2.69. The van der Waals surface area contributed by atoms with Crippen LogP contribution in [0.15, 0.2) is 16.6 Å². The van der Waals surface area contributed by atoms with Crippen LogP contribution in [-0.4, -0.2) is 22.1 Å². The molecule has 0 unspecified atom stereocenters. The number of carbonyl (C=O) groups is 2. The molecule has 0 spiro atoms. The first-order valence-electron chi connectivity index (χ1n) is 3.95. The Morgan fingerprint density at radius 2 is 2.00 bits per heavy atom. The molecule has 6 heteroatoms. The van der Waals surface area contributed by atoms with Crippen LogP contribution in [0.4, 0.5) is 5.69 Å². The first-order valence-corrected chi connectivity index (χ1v) is 4.74. The van der Waals surface area contributed by atoms with Crippen molar-refractivity contribution in [2.75, 3.05) is 5.32 Å². The molecular weight excluding hydrogens is 266 g/mol. The number of nitrogens with one attached hydrogen (secondary N) is 1. The number of carbonyl (C=O) groups excluding carboxylic acids is 1. The zero-order chi connectivity index (χ0) is 11.6. The highest BCUT2D eigenvalue weighted by Gasteiger charge is 2.17. The maximum Gasteiger partial charge on any atom is 0.341 e. The number of carboxylic acids is 1. The van der Waals surface area contributed by atoms with E-state index in [1.54, 1.807) is 0 Å². The number of hydrogen-bond acceptors (Lipinski definition) is 3. The lowest BCUT2D eigenvalue weighted by Gasteiger charge is -2.08. The van der Waals surface area contributed by atoms with Crippen molar-refractivity contribution in [1.82, 2.24) is 0 Å². The summed E-state index contributed by atoms with van der Waals surface area (Å²) in [7, 11) is 0. The quantitative estimate of drug-likeness (QED) is 0.767. The Hall–Kier alpha value is -1.56. The topological polar surface area (TPSA) is 86.6 Å². The summed E-state index contributed by atoms with van der Waals surface area (Å²) in [5.41, 5.74) is -0.268. The van der Waals surface area contributed by atoms with Crippen molar-refractivity contribution >= 4 is 33.5 Å². The van der Waals surface area contributed by atoms with E-state index in [2.05, 4.69) is 21.2 Å². The van der Waals surface area contributed by atoms with E-state index in [4.69, 9.17) is 5.11 Å². The molecule has 0 bridgehead atoms. The van der Waals surface area contributed by atoms with Crippen molar-refractivity contribution in [2.45, 2.75) is 6.92 Å². The maximum absolute atomic E-state index is 10.8. The number of benzene rings is 1. The summed E-state index contributed by atoms with van der Waals surface area (Å²) in [5.74, 6) is -2.11. The molecule has 3 N–H and O–H groups in total. The molecule has 0 saturated heterocycles. The zero-order valence-electron chi connectivity index (χ0n) is 7.74. The fraction of sp³-hybridized carbons (Fsp3) is 0.111. The second-order valence-corrected chi connectivity index (χ2v) is 3.75. The van der Waals surface area contributed by atoms with Crippen LogP contribution in [0.25, 0.3) is 0 Å². The fourth-order valence-corrected chi connectivity index (χ4v) is 1.55. The molecule has 0 radical (unpaired) electrons. The normalized spacial score (nSPS) is 9.73. The van der Waals surface area contributed by atoms with Crippen molar-refractivity contribution in [3.8, 4) is 5.75 Å². The second-order valence-electron chi connectivity index (χ2n) is 2.83. The van der Waals surface area contributed by atoms with Crippen molar-refractivity contribution in [3.05, 3.63) is 22.2 Å². The average Bonchev–Trinajstić information content (AvgIpc) is 1.99. The molecule has 1 amide bonds. The van der Waals surface area contributed by atoms with Gasteiger partial charge in [0.1, 0.15) is 11.3 Å². The van der Waals surface area contributed by atoms with Crippen molar-refractivity contribution in [3.63, 3.8) is 0 Å². The Morgan fingerprint density at radius 3 is 2.47 bits per heavy atom. The molecule has 15 heavy (non-hydrogen) atoms. The SMILES string of the molecule is CC(=O)Nc1cc(Br)cc(O)c1C(=O)O. The fourth-order valence-electron chi connectivity index (χ4n) is 1.11.